The van der Waals surface area contributed by atoms with Gasteiger partial charge in [0, 0.05) is 18.3 Å². The summed E-state index contributed by atoms with van der Waals surface area (Å²) in [6.45, 7) is 4.48. The van der Waals surface area contributed by atoms with Gasteiger partial charge in [0.25, 0.3) is 0 Å². The molecule has 0 aromatic heterocycles. The molecule has 0 fully saturated rings. The number of hydrogen-bond donors (Lipinski definition) is 1. The molecule has 86 valence electrons. The van der Waals surface area contributed by atoms with Crippen molar-refractivity contribution in [3.05, 3.63) is 24.4 Å². The van der Waals surface area contributed by atoms with Crippen LogP contribution in [0.5, 0.6) is 0 Å². The van der Waals surface area contributed by atoms with Crippen molar-refractivity contribution >= 4 is 0 Å². The van der Waals surface area contributed by atoms with Crippen LogP contribution in [0.25, 0.3) is 0 Å². The smallest absolute Gasteiger partial charge is 0.122 e. The molecule has 2 nitrogen and oxygen atoms in total. The zero-order chi connectivity index (χ0) is 10.9. The molecule has 0 radical (unpaired) electrons. The molecule has 1 aliphatic heterocycles. The molecule has 15 heavy (non-hydrogen) atoms. The minimum absolute atomic E-state index is 0.532. The average Bonchev–Trinajstić information content (AvgIpc) is 2.30. The molecule has 0 aromatic rings. The van der Waals surface area contributed by atoms with Crippen molar-refractivity contribution in [2.75, 3.05) is 0 Å². The maximum atomic E-state index is 5.44. The summed E-state index contributed by atoms with van der Waals surface area (Å²) in [4.78, 5) is 0. The quantitative estimate of drug-likeness (QED) is 0.642. The van der Waals surface area contributed by atoms with E-state index < -0.39 is 0 Å². The van der Waals surface area contributed by atoms with Crippen molar-refractivity contribution in [3.8, 4) is 0 Å². The molecule has 0 spiro atoms. The van der Waals surface area contributed by atoms with Crippen LogP contribution < -0.4 is 5.32 Å². The van der Waals surface area contributed by atoms with E-state index in [1.54, 1.807) is 12.5 Å². The van der Waals surface area contributed by atoms with E-state index in [0.717, 1.165) is 5.76 Å². The van der Waals surface area contributed by atoms with Crippen LogP contribution in [0.15, 0.2) is 24.4 Å². The van der Waals surface area contributed by atoms with E-state index in [0.29, 0.717) is 5.92 Å². The third-order valence-corrected chi connectivity index (χ3v) is 2.82. The fourth-order valence-electron chi connectivity index (χ4n) is 1.77. The summed E-state index contributed by atoms with van der Waals surface area (Å²) < 4.78 is 5.44. The van der Waals surface area contributed by atoms with Gasteiger partial charge < -0.3 is 10.1 Å². The topological polar surface area (TPSA) is 21.3 Å². The third-order valence-electron chi connectivity index (χ3n) is 2.82. The number of allylic oxidation sites excluding steroid dienone is 1. The molecule has 0 saturated heterocycles. The molecular formula is C13H23NO. The molecule has 1 heterocycles. The lowest BCUT2D eigenvalue weighted by molar-refractivity contribution is 0.276. The monoisotopic (exact) mass is 209 g/mol. The van der Waals surface area contributed by atoms with Gasteiger partial charge in [-0.05, 0) is 6.42 Å². The second-order valence-corrected chi connectivity index (χ2v) is 4.24. The van der Waals surface area contributed by atoms with E-state index in [2.05, 4.69) is 19.2 Å². The van der Waals surface area contributed by atoms with Crippen LogP contribution in [-0.2, 0) is 4.74 Å². The van der Waals surface area contributed by atoms with Crippen LogP contribution in [0.1, 0.15) is 52.4 Å². The average molecular weight is 209 g/mol. The van der Waals surface area contributed by atoms with Gasteiger partial charge >= 0.3 is 0 Å². The van der Waals surface area contributed by atoms with Gasteiger partial charge in [0.2, 0.25) is 0 Å². The number of hydrogen-bond acceptors (Lipinski definition) is 2. The summed E-state index contributed by atoms with van der Waals surface area (Å²) in [6.07, 6.45) is 13.4. The maximum Gasteiger partial charge on any atom is 0.122 e. The molecular weight excluding hydrogens is 186 g/mol. The Morgan fingerprint density at radius 3 is 2.73 bits per heavy atom. The zero-order valence-electron chi connectivity index (χ0n) is 9.96. The Balaban J connectivity index is 2.07. The molecule has 1 unspecified atom stereocenters. The molecule has 1 aliphatic rings. The van der Waals surface area contributed by atoms with Crippen LogP contribution in [0.4, 0.5) is 0 Å². The number of ether oxygens (including phenoxy) is 1. The Morgan fingerprint density at radius 1 is 1.27 bits per heavy atom. The standard InChI is InChI=1S/C13H23NO/c1-3-4-5-6-7-8-12(2)13-11-14-9-10-15-13/h9-12,14H,3-8H2,1-2H3. The molecule has 0 aliphatic carbocycles. The molecule has 0 saturated carbocycles. The first-order valence-corrected chi connectivity index (χ1v) is 6.12. The van der Waals surface area contributed by atoms with Crippen molar-refractivity contribution in [3.63, 3.8) is 0 Å². The van der Waals surface area contributed by atoms with Gasteiger partial charge in [-0.15, -0.1) is 0 Å². The van der Waals surface area contributed by atoms with Crippen molar-refractivity contribution in [2.45, 2.75) is 52.4 Å². The van der Waals surface area contributed by atoms with Crippen molar-refractivity contribution in [1.29, 1.82) is 0 Å². The molecule has 1 rings (SSSR count). The Morgan fingerprint density at radius 2 is 2.07 bits per heavy atom. The predicted molar refractivity (Wildman–Crippen MR) is 64.0 cm³/mol. The maximum absolute atomic E-state index is 5.44. The second kappa shape index (κ2) is 7.38. The summed E-state index contributed by atoms with van der Waals surface area (Å²) in [7, 11) is 0. The van der Waals surface area contributed by atoms with Crippen LogP contribution in [0.3, 0.4) is 0 Å². The highest BCUT2D eigenvalue weighted by Gasteiger charge is 2.10. The van der Waals surface area contributed by atoms with E-state index in [1.165, 1.54) is 38.5 Å². The van der Waals surface area contributed by atoms with Crippen molar-refractivity contribution in [1.82, 2.24) is 5.32 Å². The molecule has 0 bridgehead atoms. The van der Waals surface area contributed by atoms with Crippen LogP contribution in [0.2, 0.25) is 0 Å². The van der Waals surface area contributed by atoms with E-state index in [4.69, 9.17) is 4.74 Å². The summed E-state index contributed by atoms with van der Waals surface area (Å²) in [5, 5.41) is 3.06. The predicted octanol–water partition coefficient (Wildman–Crippen LogP) is 3.92. The van der Waals surface area contributed by atoms with E-state index in [-0.39, 0.29) is 0 Å². The van der Waals surface area contributed by atoms with Gasteiger partial charge in [0.15, 0.2) is 0 Å². The van der Waals surface area contributed by atoms with Gasteiger partial charge in [0.05, 0.1) is 0 Å². The number of nitrogens with one attached hydrogen (secondary N) is 1. The van der Waals surface area contributed by atoms with Crippen molar-refractivity contribution < 1.29 is 4.74 Å². The Labute approximate surface area is 93.4 Å². The van der Waals surface area contributed by atoms with Gasteiger partial charge in [-0.2, -0.15) is 0 Å². The van der Waals surface area contributed by atoms with Gasteiger partial charge in [-0.25, -0.2) is 0 Å². The van der Waals surface area contributed by atoms with E-state index >= 15 is 0 Å². The number of unbranched alkanes of at least 4 members (excludes halogenated alkanes) is 4. The first-order chi connectivity index (χ1) is 7.34. The largest absolute Gasteiger partial charge is 0.466 e. The Bertz CT molecular complexity index is 221. The number of rotatable bonds is 7. The van der Waals surface area contributed by atoms with Crippen molar-refractivity contribution in [2.24, 2.45) is 5.92 Å². The Kier molecular flexibility index (Phi) is 5.98. The lowest BCUT2D eigenvalue weighted by atomic mass is 10.0. The second-order valence-electron chi connectivity index (χ2n) is 4.24. The van der Waals surface area contributed by atoms with E-state index in [1.807, 2.05) is 6.20 Å². The first kappa shape index (κ1) is 12.2. The molecule has 2 heteroatoms. The highest BCUT2D eigenvalue weighted by atomic mass is 16.5. The highest BCUT2D eigenvalue weighted by molar-refractivity contribution is 5.03. The molecule has 0 aromatic carbocycles. The SMILES string of the molecule is CCCCCCCC(C)C1=CNC=CO1. The molecule has 0 amide bonds. The summed E-state index contributed by atoms with van der Waals surface area (Å²) >= 11 is 0. The molecule has 1 atom stereocenters. The Hall–Kier alpha value is -0.920. The first-order valence-electron chi connectivity index (χ1n) is 6.12. The zero-order valence-corrected chi connectivity index (χ0v) is 9.96. The minimum atomic E-state index is 0.532. The van der Waals surface area contributed by atoms with E-state index in [9.17, 15) is 0 Å². The third kappa shape index (κ3) is 4.91. The lowest BCUT2D eigenvalue weighted by Gasteiger charge is -2.17. The van der Waals surface area contributed by atoms with Crippen LogP contribution >= 0.6 is 0 Å². The molecule has 1 N–H and O–H groups in total. The van der Waals surface area contributed by atoms with Gasteiger partial charge in [-0.1, -0.05) is 46.0 Å². The lowest BCUT2D eigenvalue weighted by Crippen LogP contribution is -2.09. The van der Waals surface area contributed by atoms with Gasteiger partial charge in [0.1, 0.15) is 12.0 Å². The summed E-state index contributed by atoms with van der Waals surface area (Å²) in [6, 6.07) is 0. The van der Waals surface area contributed by atoms with Crippen LogP contribution in [-0.4, -0.2) is 0 Å². The summed E-state index contributed by atoms with van der Waals surface area (Å²) in [5.41, 5.74) is 0. The fraction of sp³-hybridized carbons (Fsp3) is 0.692. The normalized spacial score (nSPS) is 16.5. The highest BCUT2D eigenvalue weighted by Crippen LogP contribution is 2.20. The van der Waals surface area contributed by atoms with Crippen LogP contribution in [0, 0.1) is 5.92 Å². The van der Waals surface area contributed by atoms with Gasteiger partial charge in [-0.3, -0.25) is 0 Å². The fourth-order valence-corrected chi connectivity index (χ4v) is 1.77. The minimum Gasteiger partial charge on any atom is -0.466 e. The summed E-state index contributed by atoms with van der Waals surface area (Å²) in [5.74, 6) is 1.59.